The Morgan fingerprint density at radius 2 is 1.76 bits per heavy atom. The van der Waals surface area contributed by atoms with Crippen LogP contribution in [0.15, 0.2) is 36.4 Å². The molecule has 0 fully saturated rings. The molecule has 1 heterocycles. The highest BCUT2D eigenvalue weighted by molar-refractivity contribution is 6.00. The third-order valence-electron chi connectivity index (χ3n) is 5.20. The molecule has 0 bridgehead atoms. The van der Waals surface area contributed by atoms with Crippen molar-refractivity contribution in [3.63, 3.8) is 0 Å². The summed E-state index contributed by atoms with van der Waals surface area (Å²) >= 11 is 0. The van der Waals surface area contributed by atoms with Crippen molar-refractivity contribution < 1.29 is 19.1 Å². The first-order chi connectivity index (χ1) is 13.6. The number of hydrogen-bond donors (Lipinski definition) is 1. The van der Waals surface area contributed by atoms with Gasteiger partial charge < -0.3 is 15.0 Å². The summed E-state index contributed by atoms with van der Waals surface area (Å²) in [5, 5.41) is 2.89. The van der Waals surface area contributed by atoms with Crippen molar-refractivity contribution in [2.75, 3.05) is 18.9 Å². The molecule has 0 saturated carbocycles. The Labute approximate surface area is 170 Å². The molecule has 0 spiro atoms. The van der Waals surface area contributed by atoms with Gasteiger partial charge in [0.2, 0.25) is 5.91 Å². The lowest BCUT2D eigenvalue weighted by atomic mass is 9.89. The lowest BCUT2D eigenvalue weighted by Crippen LogP contribution is -2.53. The van der Waals surface area contributed by atoms with E-state index in [2.05, 4.69) is 5.32 Å². The lowest BCUT2D eigenvalue weighted by molar-refractivity contribution is -0.151. The number of esters is 1. The molecule has 1 unspecified atom stereocenters. The molecule has 2 aromatic rings. The van der Waals surface area contributed by atoms with Crippen LogP contribution in [0.2, 0.25) is 0 Å². The van der Waals surface area contributed by atoms with E-state index in [9.17, 15) is 14.4 Å². The first-order valence-corrected chi connectivity index (χ1v) is 9.55. The quantitative estimate of drug-likeness (QED) is 0.808. The second-order valence-corrected chi connectivity index (χ2v) is 7.94. The van der Waals surface area contributed by atoms with E-state index in [0.717, 1.165) is 27.9 Å². The number of benzene rings is 2. The second-order valence-electron chi connectivity index (χ2n) is 7.94. The molecule has 3 rings (SSSR count). The summed E-state index contributed by atoms with van der Waals surface area (Å²) in [7, 11) is 1.54. The van der Waals surface area contributed by atoms with Crippen molar-refractivity contribution in [1.29, 1.82) is 0 Å². The van der Waals surface area contributed by atoms with Crippen LogP contribution in [0.1, 0.15) is 39.5 Å². The van der Waals surface area contributed by atoms with Crippen LogP contribution in [-0.4, -0.2) is 41.9 Å². The molecule has 2 aromatic carbocycles. The van der Waals surface area contributed by atoms with Gasteiger partial charge in [-0.15, -0.1) is 0 Å². The number of aryl methyl sites for hydroxylation is 3. The summed E-state index contributed by atoms with van der Waals surface area (Å²) < 4.78 is 5.47. The molecule has 152 valence electrons. The summed E-state index contributed by atoms with van der Waals surface area (Å²) in [6, 6.07) is 11.1. The number of likely N-dealkylation sites (N-methyl/N-ethyl adjacent to an activating group) is 1. The van der Waals surface area contributed by atoms with E-state index in [-0.39, 0.29) is 18.9 Å². The van der Waals surface area contributed by atoms with Crippen molar-refractivity contribution in [2.24, 2.45) is 0 Å². The van der Waals surface area contributed by atoms with Crippen molar-refractivity contribution in [3.05, 3.63) is 64.2 Å². The first-order valence-electron chi connectivity index (χ1n) is 9.55. The van der Waals surface area contributed by atoms with E-state index in [1.54, 1.807) is 19.1 Å². The average molecular weight is 394 g/mol. The summed E-state index contributed by atoms with van der Waals surface area (Å²) in [4.78, 5) is 39.2. The van der Waals surface area contributed by atoms with Gasteiger partial charge in [0.1, 0.15) is 0 Å². The van der Waals surface area contributed by atoms with E-state index < -0.39 is 17.5 Å². The van der Waals surface area contributed by atoms with Crippen LogP contribution in [0.5, 0.6) is 0 Å². The van der Waals surface area contributed by atoms with Gasteiger partial charge in [-0.25, -0.2) is 4.79 Å². The van der Waals surface area contributed by atoms with Gasteiger partial charge >= 0.3 is 5.97 Å². The molecule has 0 aromatic heterocycles. The van der Waals surface area contributed by atoms with Gasteiger partial charge in [-0.05, 0) is 50.5 Å². The fourth-order valence-electron chi connectivity index (χ4n) is 3.90. The van der Waals surface area contributed by atoms with Crippen LogP contribution in [0.4, 0.5) is 5.69 Å². The number of carbonyl (C=O) groups is 3. The fourth-order valence-corrected chi connectivity index (χ4v) is 3.90. The van der Waals surface area contributed by atoms with E-state index in [4.69, 9.17) is 4.74 Å². The summed E-state index contributed by atoms with van der Waals surface area (Å²) in [6.45, 7) is 7.32. The highest BCUT2D eigenvalue weighted by Crippen LogP contribution is 2.29. The zero-order valence-electron chi connectivity index (χ0n) is 17.5. The van der Waals surface area contributed by atoms with Crippen LogP contribution >= 0.6 is 0 Å². The monoisotopic (exact) mass is 394 g/mol. The Morgan fingerprint density at radius 1 is 1.14 bits per heavy atom. The number of fused-ring (bicyclic) bond motifs is 1. The van der Waals surface area contributed by atoms with Crippen LogP contribution in [0, 0.1) is 20.8 Å². The molecular weight excluding hydrogens is 368 g/mol. The first kappa shape index (κ1) is 20.6. The number of hydrogen-bond acceptors (Lipinski definition) is 4. The highest BCUT2D eigenvalue weighted by atomic mass is 16.6. The minimum absolute atomic E-state index is 0.139. The van der Waals surface area contributed by atoms with Gasteiger partial charge in [0.15, 0.2) is 5.60 Å². The van der Waals surface area contributed by atoms with Gasteiger partial charge in [0.05, 0.1) is 12.1 Å². The summed E-state index contributed by atoms with van der Waals surface area (Å²) in [6.07, 6.45) is 0.274. The van der Waals surface area contributed by atoms with E-state index >= 15 is 0 Å². The number of carbonyl (C=O) groups excluding carboxylic acids is 3. The number of cyclic esters (lactones) is 1. The molecule has 6 nitrogen and oxygen atoms in total. The Hall–Kier alpha value is -3.15. The maximum Gasteiger partial charge on any atom is 0.339 e. The van der Waals surface area contributed by atoms with Crippen molar-refractivity contribution >= 4 is 23.5 Å². The number of nitrogens with zero attached hydrogens (tertiary/aromatic N) is 1. The predicted molar refractivity (Wildman–Crippen MR) is 111 cm³/mol. The van der Waals surface area contributed by atoms with Gasteiger partial charge in [0, 0.05) is 19.2 Å². The highest BCUT2D eigenvalue weighted by Gasteiger charge is 2.44. The van der Waals surface area contributed by atoms with E-state index in [0.29, 0.717) is 5.56 Å². The minimum Gasteiger partial charge on any atom is -0.445 e. The molecule has 6 heteroatoms. The normalized spacial score (nSPS) is 17.9. The molecule has 29 heavy (non-hydrogen) atoms. The molecule has 1 aliphatic rings. The number of ether oxygens (including phenoxy) is 1. The van der Waals surface area contributed by atoms with E-state index in [1.807, 2.05) is 45.0 Å². The van der Waals surface area contributed by atoms with Gasteiger partial charge in [-0.2, -0.15) is 0 Å². The van der Waals surface area contributed by atoms with Gasteiger partial charge in [0.25, 0.3) is 5.91 Å². The maximum atomic E-state index is 13.0. The number of nitrogens with one attached hydrogen (secondary N) is 1. The Kier molecular flexibility index (Phi) is 5.46. The lowest BCUT2D eigenvalue weighted by Gasteiger charge is -2.35. The van der Waals surface area contributed by atoms with Crippen molar-refractivity contribution in [3.8, 4) is 0 Å². The summed E-state index contributed by atoms with van der Waals surface area (Å²) in [5.74, 6) is -1.23. The number of amides is 2. The van der Waals surface area contributed by atoms with Crippen molar-refractivity contribution in [1.82, 2.24) is 4.90 Å². The number of anilines is 1. The zero-order chi connectivity index (χ0) is 21.3. The molecule has 1 aliphatic heterocycles. The molecule has 0 radical (unpaired) electrons. The standard InChI is InChI=1S/C23H26N2O4/c1-14-10-15(2)20(16(3)11-14)24-19(26)13-25(5)22(28)23(4)12-17-8-6-7-9-18(17)21(27)29-23/h6-11H,12-13H2,1-5H3,(H,24,26). The number of rotatable bonds is 4. The zero-order valence-corrected chi connectivity index (χ0v) is 17.5. The molecule has 1 N–H and O–H groups in total. The molecule has 0 aliphatic carbocycles. The van der Waals surface area contributed by atoms with E-state index in [1.165, 1.54) is 11.9 Å². The van der Waals surface area contributed by atoms with Gasteiger partial charge in [-0.1, -0.05) is 35.9 Å². The largest absolute Gasteiger partial charge is 0.445 e. The van der Waals surface area contributed by atoms with Crippen LogP contribution < -0.4 is 5.32 Å². The third-order valence-corrected chi connectivity index (χ3v) is 5.20. The fraction of sp³-hybridized carbons (Fsp3) is 0.348. The summed E-state index contributed by atoms with van der Waals surface area (Å²) in [5.41, 5.74) is 3.72. The second kappa shape index (κ2) is 7.70. The molecule has 1 atom stereocenters. The van der Waals surface area contributed by atoms with Gasteiger partial charge in [-0.3, -0.25) is 9.59 Å². The van der Waals surface area contributed by atoms with Crippen LogP contribution in [-0.2, 0) is 20.7 Å². The Bertz CT molecular complexity index is 975. The van der Waals surface area contributed by atoms with Crippen LogP contribution in [0.3, 0.4) is 0 Å². The maximum absolute atomic E-state index is 13.0. The van der Waals surface area contributed by atoms with Crippen LogP contribution in [0.25, 0.3) is 0 Å². The van der Waals surface area contributed by atoms with Crippen molar-refractivity contribution in [2.45, 2.75) is 39.7 Å². The topological polar surface area (TPSA) is 75.7 Å². The molecule has 2 amide bonds. The Balaban J connectivity index is 1.71. The average Bonchev–Trinajstić information content (AvgIpc) is 2.63. The third kappa shape index (κ3) is 4.16. The molecular formula is C23H26N2O4. The molecule has 0 saturated heterocycles. The minimum atomic E-state index is -1.34. The Morgan fingerprint density at radius 3 is 2.41 bits per heavy atom. The predicted octanol–water partition coefficient (Wildman–Crippen LogP) is 3.18. The smallest absolute Gasteiger partial charge is 0.339 e. The SMILES string of the molecule is Cc1cc(C)c(NC(=O)CN(C)C(=O)C2(C)Cc3ccccc3C(=O)O2)c(C)c1.